The Morgan fingerprint density at radius 2 is 0.659 bits per heavy atom. The van der Waals surface area contributed by atoms with Crippen molar-refractivity contribution in [2.75, 3.05) is 13.2 Å². The van der Waals surface area contributed by atoms with Crippen LogP contribution in [0.5, 0.6) is 0 Å². The van der Waals surface area contributed by atoms with Crippen LogP contribution in [0, 0.1) is 178 Å². The first-order valence-electron chi connectivity index (χ1n) is 46.5. The minimum Gasteiger partial charge on any atom is -0.756 e. The van der Waals surface area contributed by atoms with Gasteiger partial charge in [-0.3, -0.25) is 37.6 Å². The highest BCUT2D eigenvalue weighted by Gasteiger charge is 2.54. The number of nitrogens with one attached hydrogen (secondary N) is 2. The fraction of sp³-hybridized carbons (Fsp3) is 0.663. The second-order valence-electron chi connectivity index (χ2n) is 31.0. The van der Waals surface area contributed by atoms with Gasteiger partial charge in [0, 0.05) is 6.42 Å². The van der Waals surface area contributed by atoms with Crippen LogP contribution >= 0.6 is 15.6 Å². The Hall–Kier alpha value is -9.35. The largest absolute Gasteiger partial charge is 0.756 e. The number of unbranched alkanes of at least 4 members (excludes halogenated alkanes) is 28. The van der Waals surface area contributed by atoms with Crippen LogP contribution in [-0.4, -0.2) is 169 Å². The minimum atomic E-state index is -5.88. The van der Waals surface area contributed by atoms with Crippen molar-refractivity contribution >= 4 is 45.4 Å². The summed E-state index contributed by atoms with van der Waals surface area (Å²) in [5.41, 5.74) is 0. The normalized spacial score (nSPS) is 18.0. The lowest BCUT2D eigenvalue weighted by atomic mass is 9.95. The van der Waals surface area contributed by atoms with Gasteiger partial charge in [0.2, 0.25) is 11.8 Å². The maximum absolute atomic E-state index is 14.7. The summed E-state index contributed by atoms with van der Waals surface area (Å²) in [6.45, 7) is 18.7. The Morgan fingerprint density at radius 1 is 0.364 bits per heavy atom. The Morgan fingerprint density at radius 3 is 0.992 bits per heavy atom. The Labute approximate surface area is 789 Å². The average molecular weight is 1870 g/mol. The van der Waals surface area contributed by atoms with Crippen LogP contribution in [0.15, 0.2) is 0 Å². The summed E-state index contributed by atoms with van der Waals surface area (Å²) in [6.07, 6.45) is 7.73. The van der Waals surface area contributed by atoms with Gasteiger partial charge < -0.3 is 84.2 Å². The Balaban J connectivity index is 0. The van der Waals surface area contributed by atoms with Crippen LogP contribution in [0.1, 0.15) is 346 Å². The average Bonchev–Trinajstić information content (AvgIpc) is 0.776. The second-order valence-corrected chi connectivity index (χ2v) is 33.4. The first-order chi connectivity index (χ1) is 63.6. The van der Waals surface area contributed by atoms with E-state index in [0.29, 0.717) is 32.1 Å². The summed E-state index contributed by atoms with van der Waals surface area (Å²) in [4.78, 5) is 113. The van der Waals surface area contributed by atoms with Crippen molar-refractivity contribution in [1.29, 1.82) is 0 Å². The zero-order chi connectivity index (χ0) is 98.4. The molecule has 2 rings (SSSR count). The molecular formula is C104H145N2O24P2-. The number of ether oxygens (including phenoxy) is 6. The summed E-state index contributed by atoms with van der Waals surface area (Å²) < 4.78 is 71.4. The Kier molecular flexibility index (Phi) is 81.1. The van der Waals surface area contributed by atoms with Gasteiger partial charge in [0.1, 0.15) is 42.6 Å². The molecule has 2 aliphatic rings. The smallest absolute Gasteiger partial charge is 0.470 e. The monoisotopic (exact) mass is 1870 g/mol. The third-order valence-corrected chi connectivity index (χ3v) is 20.6. The zero-order valence-corrected chi connectivity index (χ0v) is 81.5. The molecule has 2 saturated heterocycles. The molecule has 15 atom stereocenters. The van der Waals surface area contributed by atoms with Gasteiger partial charge in [-0.1, -0.05) is 269 Å². The van der Waals surface area contributed by atoms with E-state index in [4.69, 9.17) is 37.5 Å². The summed E-state index contributed by atoms with van der Waals surface area (Å²) in [5, 5.41) is 61.0. The number of carbonyl (C=O) groups excluding carboxylic acids is 5. The molecule has 132 heavy (non-hydrogen) atoms. The van der Waals surface area contributed by atoms with Crippen LogP contribution in [0.4, 0.5) is 0 Å². The van der Waals surface area contributed by atoms with Gasteiger partial charge in [-0.25, -0.2) is 4.57 Å². The van der Waals surface area contributed by atoms with E-state index in [1.165, 1.54) is 12.8 Å². The van der Waals surface area contributed by atoms with Gasteiger partial charge in [-0.2, -0.15) is 0 Å². The third kappa shape index (κ3) is 73.2. The standard InChI is InChI=1S/C68H128N2O24P2.3C12H6/c1-6-11-16-21-24-25-28-33-38-43-58(77)88-53(42-37-32-27-23-18-13-8-3)47-57(76)70-62-66(92-60(79)46-52(74)41-35-30-20-15-10-5)64(93-95(81,82)83)54(48-71)89-67(62)87-49-55-63(80)65(91-59(78)45-51(73)40-34-29-19-14-9-4)61(68(90-55)94-96(84,85)86)69-56(75)44-50(72)39-36-31-26-22-17-12-7-2;3*1-3-5-7-9-11-12-10-8-6-4-2/h50-55,61-68,71-74,80H,6-49H2,1-5H3,(H,69,75)(H,70,76)(H2,81,82,83)(H2,84,85,86);3*1-2H3/p-1/t50-,51-,52-,53-,54?,55?,61?,62?,63-,64-,65-,66-,67-,68-;;;/m1.../s1. The Bertz CT molecular complexity index is 4090. The number of hydrogen-bond donors (Lipinski definition) is 10. The van der Waals surface area contributed by atoms with E-state index in [1.54, 1.807) is 41.5 Å². The predicted octanol–water partition coefficient (Wildman–Crippen LogP) is 13.2. The molecule has 2 amide bonds. The van der Waals surface area contributed by atoms with Gasteiger partial charge in [0.25, 0.3) is 7.82 Å². The highest BCUT2D eigenvalue weighted by molar-refractivity contribution is 7.46. The summed E-state index contributed by atoms with van der Waals surface area (Å²) in [7, 11) is -11.5. The van der Waals surface area contributed by atoms with E-state index in [9.17, 15) is 78.2 Å². The topological polar surface area (TPSA) is 402 Å². The van der Waals surface area contributed by atoms with Crippen LogP contribution in [-0.2, 0) is 70.6 Å². The van der Waals surface area contributed by atoms with E-state index < -0.39 is 170 Å². The number of rotatable bonds is 59. The van der Waals surface area contributed by atoms with E-state index in [0.717, 1.165) is 167 Å². The van der Waals surface area contributed by atoms with E-state index in [-0.39, 0.29) is 32.1 Å². The maximum atomic E-state index is 14.7. The third-order valence-electron chi connectivity index (χ3n) is 19.6. The zero-order valence-electron chi connectivity index (χ0n) is 79.7. The first kappa shape index (κ1) is 125. The maximum Gasteiger partial charge on any atom is 0.470 e. The van der Waals surface area contributed by atoms with Crippen molar-refractivity contribution in [1.82, 2.24) is 10.6 Å². The molecule has 0 aromatic rings. The molecule has 0 aromatic heterocycles. The van der Waals surface area contributed by atoms with Crippen LogP contribution < -0.4 is 15.5 Å². The van der Waals surface area contributed by atoms with Crippen molar-refractivity contribution in [3.63, 3.8) is 0 Å². The molecule has 28 heteroatoms. The molecule has 2 fully saturated rings. The van der Waals surface area contributed by atoms with Crippen LogP contribution in [0.25, 0.3) is 0 Å². The van der Waals surface area contributed by atoms with Crippen molar-refractivity contribution in [2.24, 2.45) is 0 Å². The lowest BCUT2D eigenvalue weighted by Gasteiger charge is -2.47. The fourth-order valence-corrected chi connectivity index (χ4v) is 14.1. The van der Waals surface area contributed by atoms with Crippen molar-refractivity contribution in [2.45, 2.75) is 432 Å². The number of hydrogen-bond acceptors (Lipinski definition) is 21. The highest BCUT2D eigenvalue weighted by atomic mass is 31.2. The molecule has 26 nitrogen and oxygen atoms in total. The summed E-state index contributed by atoms with van der Waals surface area (Å²) >= 11 is 0. The summed E-state index contributed by atoms with van der Waals surface area (Å²) in [5.74, 6) is 72.1. The molecule has 10 N–H and O–H groups in total. The van der Waals surface area contributed by atoms with Crippen molar-refractivity contribution in [3.05, 3.63) is 0 Å². The molecule has 0 saturated carbocycles. The molecular weight excluding hydrogens is 1720 g/mol. The van der Waals surface area contributed by atoms with Crippen LogP contribution in [0.2, 0.25) is 0 Å². The SMILES string of the molecule is CC#CC#CC#CC#CC#CC.CC#CC#CC#CC#CC#CC.CC#CC#CC#CC#CC#CC.CCCCCCCCCCCC(=O)O[C@H](CCCCCCCCC)CC(=O)NC1[C@H](OCC2O[C@H](OP(=O)([O-])O)C(NC(=O)C[C@H](O)CCCCCCCCC)[C@@H](OC(=O)C[C@H](O)CCCCCCC)[C@@H]2O)OC(CO)[C@@H](OP(=O)(O)O)[C@@H]1OC(=O)C[C@H](O)CCCCCCC. The first-order valence-corrected chi connectivity index (χ1v) is 49.5. The summed E-state index contributed by atoms with van der Waals surface area (Å²) in [6, 6.07) is -3.85. The molecule has 0 bridgehead atoms. The number of aliphatic hydroxyl groups is 5. The lowest BCUT2D eigenvalue weighted by molar-refractivity contribution is -0.305. The minimum absolute atomic E-state index is 0.0897. The number of carbonyl (C=O) groups is 5. The lowest BCUT2D eigenvalue weighted by Crippen LogP contribution is -2.68. The van der Waals surface area contributed by atoms with E-state index in [1.807, 2.05) is 13.8 Å². The second kappa shape index (κ2) is 85.8. The molecule has 5 unspecified atom stereocenters. The number of esters is 3. The fourth-order valence-electron chi connectivity index (χ4n) is 13.1. The van der Waals surface area contributed by atoms with Gasteiger partial charge in [-0.05, 0) is 222 Å². The number of phosphoric ester groups is 2. The molecule has 2 aliphatic heterocycles. The van der Waals surface area contributed by atoms with Gasteiger partial charge in [-0.15, -0.1) is 0 Å². The van der Waals surface area contributed by atoms with Gasteiger partial charge >= 0.3 is 25.7 Å². The molecule has 726 valence electrons. The molecule has 0 radical (unpaired) electrons. The van der Waals surface area contributed by atoms with Gasteiger partial charge in [0.05, 0.1) is 57.2 Å². The van der Waals surface area contributed by atoms with Crippen molar-refractivity contribution < 1.29 is 116 Å². The predicted molar refractivity (Wildman–Crippen MR) is 509 cm³/mol. The highest BCUT2D eigenvalue weighted by Crippen LogP contribution is 2.43. The van der Waals surface area contributed by atoms with E-state index in [2.05, 4.69) is 209 Å². The number of amides is 2. The van der Waals surface area contributed by atoms with E-state index >= 15 is 0 Å². The molecule has 0 spiro atoms. The van der Waals surface area contributed by atoms with Gasteiger partial charge in [0.15, 0.2) is 24.8 Å². The number of aliphatic hydroxyl groups excluding tert-OH is 5. The molecule has 0 aliphatic carbocycles. The van der Waals surface area contributed by atoms with Crippen molar-refractivity contribution in [3.8, 4) is 178 Å². The molecule has 2 heterocycles. The van der Waals surface area contributed by atoms with Crippen LogP contribution in [0.3, 0.4) is 0 Å². The molecule has 0 aromatic carbocycles. The number of phosphoric acid groups is 2. The quantitative estimate of drug-likeness (QED) is 0.00889.